The van der Waals surface area contributed by atoms with Crippen molar-refractivity contribution in [3.63, 3.8) is 0 Å². The Balaban J connectivity index is 1.60. The van der Waals surface area contributed by atoms with Gasteiger partial charge in [0.1, 0.15) is 6.61 Å². The first-order valence-electron chi connectivity index (χ1n) is 14.6. The van der Waals surface area contributed by atoms with Crippen molar-refractivity contribution >= 4 is 50.0 Å². The largest absolute Gasteiger partial charge is 0.396 e. The zero-order chi connectivity index (χ0) is 29.8. The Hall–Kier alpha value is -4.49. The quantitative estimate of drug-likeness (QED) is 0.0947. The standard InChI is InChI=1S/C35H37N3O4/c1-6-37-33-18-16-26(32(36-41-7-2)20-23(4)38(24(5)39)42-8-3)21-30(33)31-22-27(17-19-34(31)37)35(40)29-15-11-13-25-12-9-10-14-28(25)29/h9-19,21-23H,6-8,20H2,1-5H3/b36-32+. The lowest BCUT2D eigenvalue weighted by atomic mass is 9.96. The highest BCUT2D eigenvalue weighted by molar-refractivity contribution is 6.19. The Bertz CT molecular complexity index is 1800. The first-order chi connectivity index (χ1) is 20.4. The van der Waals surface area contributed by atoms with Crippen molar-refractivity contribution in [2.24, 2.45) is 5.16 Å². The number of hydrogen-bond donors (Lipinski definition) is 0. The molecular formula is C35H37N3O4. The molecule has 7 heteroatoms. The smallest absolute Gasteiger partial charge is 0.243 e. The van der Waals surface area contributed by atoms with Gasteiger partial charge in [0.2, 0.25) is 5.91 Å². The molecule has 0 aliphatic rings. The minimum absolute atomic E-state index is 0.00470. The van der Waals surface area contributed by atoms with E-state index in [1.165, 1.54) is 12.0 Å². The molecule has 1 aromatic heterocycles. The fraction of sp³-hybridized carbons (Fsp3) is 0.286. The van der Waals surface area contributed by atoms with Gasteiger partial charge in [0.25, 0.3) is 0 Å². The summed E-state index contributed by atoms with van der Waals surface area (Å²) in [6.45, 7) is 10.9. The molecule has 4 aromatic carbocycles. The third-order valence-corrected chi connectivity index (χ3v) is 7.58. The average Bonchev–Trinajstić information content (AvgIpc) is 3.33. The van der Waals surface area contributed by atoms with Crippen LogP contribution in [0.2, 0.25) is 0 Å². The van der Waals surface area contributed by atoms with E-state index in [9.17, 15) is 9.59 Å². The van der Waals surface area contributed by atoms with E-state index in [2.05, 4.69) is 28.8 Å². The Morgan fingerprint density at radius 3 is 2.17 bits per heavy atom. The molecule has 1 atom stereocenters. The summed E-state index contributed by atoms with van der Waals surface area (Å²) in [4.78, 5) is 37.2. The van der Waals surface area contributed by atoms with Gasteiger partial charge >= 0.3 is 0 Å². The molecule has 7 nitrogen and oxygen atoms in total. The summed E-state index contributed by atoms with van der Waals surface area (Å²) in [6, 6.07) is 25.8. The summed E-state index contributed by atoms with van der Waals surface area (Å²) in [6.07, 6.45) is 0.447. The third-order valence-electron chi connectivity index (χ3n) is 7.58. The van der Waals surface area contributed by atoms with Gasteiger partial charge in [-0.05, 0) is 68.8 Å². The van der Waals surface area contributed by atoms with Crippen LogP contribution >= 0.6 is 0 Å². The van der Waals surface area contributed by atoms with Crippen LogP contribution in [0.5, 0.6) is 0 Å². The van der Waals surface area contributed by atoms with Gasteiger partial charge in [-0.3, -0.25) is 14.4 Å². The van der Waals surface area contributed by atoms with E-state index in [1.807, 2.05) is 87.5 Å². The summed E-state index contributed by atoms with van der Waals surface area (Å²) in [7, 11) is 0. The molecule has 0 aliphatic heterocycles. The van der Waals surface area contributed by atoms with Gasteiger partial charge in [0, 0.05) is 58.4 Å². The number of nitrogens with zero attached hydrogens (tertiary/aromatic N) is 3. The van der Waals surface area contributed by atoms with Gasteiger partial charge in [-0.15, -0.1) is 0 Å². The molecule has 216 valence electrons. The number of oxime groups is 1. The van der Waals surface area contributed by atoms with Crippen LogP contribution in [0.4, 0.5) is 0 Å². The van der Waals surface area contributed by atoms with E-state index in [-0.39, 0.29) is 17.7 Å². The summed E-state index contributed by atoms with van der Waals surface area (Å²) < 4.78 is 2.26. The number of carbonyl (C=O) groups is 2. The van der Waals surface area contributed by atoms with Gasteiger partial charge in [0.05, 0.1) is 18.4 Å². The molecule has 0 saturated carbocycles. The number of benzene rings is 4. The average molecular weight is 564 g/mol. The van der Waals surface area contributed by atoms with Crippen molar-refractivity contribution in [2.75, 3.05) is 13.2 Å². The van der Waals surface area contributed by atoms with Crippen LogP contribution in [0.3, 0.4) is 0 Å². The molecule has 0 fully saturated rings. The molecule has 5 rings (SSSR count). The first kappa shape index (κ1) is 29.0. The molecule has 42 heavy (non-hydrogen) atoms. The van der Waals surface area contributed by atoms with Crippen LogP contribution < -0.4 is 0 Å². The Labute approximate surface area is 246 Å². The highest BCUT2D eigenvalue weighted by Crippen LogP contribution is 2.32. The van der Waals surface area contributed by atoms with E-state index < -0.39 is 0 Å². The van der Waals surface area contributed by atoms with Crippen LogP contribution in [0.1, 0.15) is 62.5 Å². The Morgan fingerprint density at radius 2 is 1.50 bits per heavy atom. The second-order valence-corrected chi connectivity index (χ2v) is 10.3. The molecular weight excluding hydrogens is 526 g/mol. The molecule has 0 radical (unpaired) electrons. The number of ketones is 1. The number of carbonyl (C=O) groups excluding carboxylic acids is 2. The molecule has 0 spiro atoms. The molecule has 0 saturated heterocycles. The molecule has 1 amide bonds. The second kappa shape index (κ2) is 12.6. The maximum Gasteiger partial charge on any atom is 0.243 e. The topological polar surface area (TPSA) is 73.1 Å². The normalized spacial score (nSPS) is 12.6. The molecule has 5 aromatic rings. The molecule has 1 heterocycles. The van der Waals surface area contributed by atoms with Crippen LogP contribution in [0.25, 0.3) is 32.6 Å². The van der Waals surface area contributed by atoms with Crippen molar-refractivity contribution in [2.45, 2.75) is 53.6 Å². The number of hydrogen-bond acceptors (Lipinski definition) is 5. The van der Waals surface area contributed by atoms with Crippen molar-refractivity contribution in [1.29, 1.82) is 0 Å². The van der Waals surface area contributed by atoms with E-state index >= 15 is 0 Å². The fourth-order valence-corrected chi connectivity index (χ4v) is 5.73. The van der Waals surface area contributed by atoms with Crippen molar-refractivity contribution in [1.82, 2.24) is 9.63 Å². The second-order valence-electron chi connectivity index (χ2n) is 10.3. The molecule has 0 N–H and O–H groups in total. The van der Waals surface area contributed by atoms with Crippen LogP contribution in [0.15, 0.2) is 84.0 Å². The lowest BCUT2D eigenvalue weighted by Gasteiger charge is -2.26. The minimum Gasteiger partial charge on any atom is -0.396 e. The summed E-state index contributed by atoms with van der Waals surface area (Å²) in [5.74, 6) is -0.167. The SMILES string of the molecule is CCO/N=C(\CC(C)N(OCC)C(C)=O)c1ccc2c(c1)c1cc(C(=O)c3cccc4ccccc34)ccc1n2CC. The lowest BCUT2D eigenvalue weighted by molar-refractivity contribution is -0.193. The number of rotatable bonds is 11. The van der Waals surface area contributed by atoms with E-state index in [1.54, 1.807) is 0 Å². The van der Waals surface area contributed by atoms with Crippen LogP contribution in [-0.2, 0) is 21.0 Å². The molecule has 0 bridgehead atoms. The van der Waals surface area contributed by atoms with E-state index in [4.69, 9.17) is 9.68 Å². The summed E-state index contributed by atoms with van der Waals surface area (Å²) >= 11 is 0. The van der Waals surface area contributed by atoms with E-state index in [0.717, 1.165) is 50.4 Å². The van der Waals surface area contributed by atoms with Gasteiger partial charge in [0.15, 0.2) is 5.78 Å². The van der Waals surface area contributed by atoms with Crippen molar-refractivity contribution in [3.05, 3.63) is 95.6 Å². The number of hydroxylamine groups is 2. The summed E-state index contributed by atoms with van der Waals surface area (Å²) in [5.41, 5.74) is 5.09. The fourth-order valence-electron chi connectivity index (χ4n) is 5.73. The predicted molar refractivity (Wildman–Crippen MR) is 169 cm³/mol. The lowest BCUT2D eigenvalue weighted by Crippen LogP contribution is -2.38. The molecule has 0 aliphatic carbocycles. The zero-order valence-electron chi connectivity index (χ0n) is 24.9. The molecule has 1 unspecified atom stereocenters. The minimum atomic E-state index is -0.251. The highest BCUT2D eigenvalue weighted by Gasteiger charge is 2.22. The van der Waals surface area contributed by atoms with Crippen molar-refractivity contribution in [3.8, 4) is 0 Å². The highest BCUT2D eigenvalue weighted by atomic mass is 16.7. The zero-order valence-corrected chi connectivity index (χ0v) is 24.9. The number of aryl methyl sites for hydroxylation is 1. The van der Waals surface area contributed by atoms with Gasteiger partial charge in [-0.25, -0.2) is 5.06 Å². The number of aromatic nitrogens is 1. The predicted octanol–water partition coefficient (Wildman–Crippen LogP) is 7.52. The number of fused-ring (bicyclic) bond motifs is 4. The van der Waals surface area contributed by atoms with Gasteiger partial charge in [-0.2, -0.15) is 0 Å². The maximum atomic E-state index is 13.8. The Kier molecular flexibility index (Phi) is 8.69. The van der Waals surface area contributed by atoms with Crippen LogP contribution in [0, 0.1) is 0 Å². The van der Waals surface area contributed by atoms with Crippen LogP contribution in [-0.4, -0.2) is 46.3 Å². The van der Waals surface area contributed by atoms with Gasteiger partial charge in [-0.1, -0.05) is 53.7 Å². The number of amides is 1. The van der Waals surface area contributed by atoms with E-state index in [0.29, 0.717) is 30.8 Å². The third kappa shape index (κ3) is 5.52. The summed E-state index contributed by atoms with van der Waals surface area (Å²) in [5, 5.41) is 9.86. The maximum absolute atomic E-state index is 13.8. The van der Waals surface area contributed by atoms with Gasteiger partial charge < -0.3 is 9.40 Å². The monoisotopic (exact) mass is 563 g/mol. The van der Waals surface area contributed by atoms with Crippen molar-refractivity contribution < 1.29 is 19.3 Å². The Morgan fingerprint density at radius 1 is 0.833 bits per heavy atom. The first-order valence-corrected chi connectivity index (χ1v) is 14.6.